The highest BCUT2D eigenvalue weighted by Crippen LogP contribution is 2.31. The average Bonchev–Trinajstić information content (AvgIpc) is 2.58. The van der Waals surface area contributed by atoms with E-state index in [0.29, 0.717) is 15.6 Å². The fourth-order valence-corrected chi connectivity index (χ4v) is 5.19. The topological polar surface area (TPSA) is 92.8 Å². The Labute approximate surface area is 168 Å². The summed E-state index contributed by atoms with van der Waals surface area (Å²) in [5.41, 5.74) is 1.47. The standard InChI is InChI=1S/C17H21BrN2O5S2/c1-11-8-14(27(23,24)20(3)4)10-15(12(11)2)19-26(21,22)17-9-13(18)6-7-16(17)25-5/h6-10,19H,1-5H3. The van der Waals surface area contributed by atoms with Crippen molar-refractivity contribution in [1.82, 2.24) is 4.31 Å². The van der Waals surface area contributed by atoms with Gasteiger partial charge >= 0.3 is 0 Å². The lowest BCUT2D eigenvalue weighted by Crippen LogP contribution is -2.23. The summed E-state index contributed by atoms with van der Waals surface area (Å²) in [6.07, 6.45) is 0. The van der Waals surface area contributed by atoms with Crippen LogP contribution in [0.25, 0.3) is 0 Å². The van der Waals surface area contributed by atoms with E-state index in [0.717, 1.165) is 4.31 Å². The van der Waals surface area contributed by atoms with Gasteiger partial charge in [0.05, 0.1) is 17.7 Å². The molecule has 2 rings (SSSR count). The zero-order chi connectivity index (χ0) is 20.6. The fourth-order valence-electron chi connectivity index (χ4n) is 2.35. The molecule has 0 spiro atoms. The lowest BCUT2D eigenvalue weighted by molar-refractivity contribution is 0.403. The number of methoxy groups -OCH3 is 1. The van der Waals surface area contributed by atoms with E-state index in [9.17, 15) is 16.8 Å². The molecule has 2 aromatic rings. The van der Waals surface area contributed by atoms with E-state index in [-0.39, 0.29) is 21.2 Å². The minimum Gasteiger partial charge on any atom is -0.495 e. The lowest BCUT2D eigenvalue weighted by atomic mass is 10.1. The van der Waals surface area contributed by atoms with Crippen molar-refractivity contribution >= 4 is 41.7 Å². The summed E-state index contributed by atoms with van der Waals surface area (Å²) < 4.78 is 60.0. The molecule has 0 aliphatic rings. The van der Waals surface area contributed by atoms with Crippen LogP contribution in [0.4, 0.5) is 5.69 Å². The highest BCUT2D eigenvalue weighted by molar-refractivity contribution is 9.10. The van der Waals surface area contributed by atoms with Crippen molar-refractivity contribution in [3.8, 4) is 5.75 Å². The second-order valence-corrected chi connectivity index (χ2v) is 10.8. The minimum absolute atomic E-state index is 0.00880. The molecule has 0 radical (unpaired) electrons. The summed E-state index contributed by atoms with van der Waals surface area (Å²) in [6, 6.07) is 7.45. The van der Waals surface area contributed by atoms with Crippen LogP contribution in [0.1, 0.15) is 11.1 Å². The number of nitrogens with one attached hydrogen (secondary N) is 1. The Kier molecular flexibility index (Phi) is 6.25. The van der Waals surface area contributed by atoms with Crippen molar-refractivity contribution in [2.45, 2.75) is 23.6 Å². The molecule has 148 valence electrons. The molecule has 0 fully saturated rings. The predicted molar refractivity (Wildman–Crippen MR) is 108 cm³/mol. The number of aryl methyl sites for hydroxylation is 1. The maximum Gasteiger partial charge on any atom is 0.265 e. The second kappa shape index (κ2) is 7.78. The molecular formula is C17H21BrN2O5S2. The third kappa shape index (κ3) is 4.45. The van der Waals surface area contributed by atoms with Gasteiger partial charge < -0.3 is 4.74 Å². The van der Waals surface area contributed by atoms with Gasteiger partial charge in [-0.05, 0) is 55.3 Å². The molecule has 0 bridgehead atoms. The summed E-state index contributed by atoms with van der Waals surface area (Å²) in [5.74, 6) is 0.178. The first-order chi connectivity index (χ1) is 12.4. The molecule has 0 saturated heterocycles. The first-order valence-electron chi connectivity index (χ1n) is 7.80. The van der Waals surface area contributed by atoms with Gasteiger partial charge in [0.2, 0.25) is 10.0 Å². The Hall–Kier alpha value is -1.62. The van der Waals surface area contributed by atoms with E-state index in [1.54, 1.807) is 19.9 Å². The van der Waals surface area contributed by atoms with Crippen LogP contribution in [0.2, 0.25) is 0 Å². The molecule has 0 unspecified atom stereocenters. The third-order valence-electron chi connectivity index (χ3n) is 4.08. The second-order valence-electron chi connectivity index (χ2n) is 6.10. The zero-order valence-corrected chi connectivity index (χ0v) is 18.8. The van der Waals surface area contributed by atoms with Gasteiger partial charge in [0.1, 0.15) is 10.6 Å². The van der Waals surface area contributed by atoms with Crippen molar-refractivity contribution in [2.24, 2.45) is 0 Å². The van der Waals surface area contributed by atoms with Crippen LogP contribution in [-0.4, -0.2) is 42.3 Å². The number of ether oxygens (including phenoxy) is 1. The van der Waals surface area contributed by atoms with Gasteiger partial charge in [-0.25, -0.2) is 21.1 Å². The number of halogens is 1. The van der Waals surface area contributed by atoms with E-state index in [1.807, 2.05) is 0 Å². The van der Waals surface area contributed by atoms with Crippen LogP contribution in [-0.2, 0) is 20.0 Å². The van der Waals surface area contributed by atoms with Crippen LogP contribution >= 0.6 is 15.9 Å². The van der Waals surface area contributed by atoms with E-state index in [2.05, 4.69) is 20.7 Å². The van der Waals surface area contributed by atoms with E-state index >= 15 is 0 Å². The molecule has 0 aliphatic heterocycles. The molecule has 0 aliphatic carbocycles. The SMILES string of the molecule is COc1ccc(Br)cc1S(=O)(=O)Nc1cc(S(=O)(=O)N(C)C)cc(C)c1C. The number of rotatable bonds is 6. The van der Waals surface area contributed by atoms with Gasteiger partial charge in [0.15, 0.2) is 0 Å². The van der Waals surface area contributed by atoms with Crippen LogP contribution in [0, 0.1) is 13.8 Å². The lowest BCUT2D eigenvalue weighted by Gasteiger charge is -2.18. The maximum absolute atomic E-state index is 12.9. The molecule has 1 N–H and O–H groups in total. The van der Waals surface area contributed by atoms with Gasteiger partial charge in [-0.1, -0.05) is 15.9 Å². The first kappa shape index (κ1) is 21.7. The van der Waals surface area contributed by atoms with Crippen LogP contribution in [0.3, 0.4) is 0 Å². The van der Waals surface area contributed by atoms with Crippen molar-refractivity contribution < 1.29 is 21.6 Å². The highest BCUT2D eigenvalue weighted by atomic mass is 79.9. The van der Waals surface area contributed by atoms with Gasteiger partial charge in [0, 0.05) is 18.6 Å². The van der Waals surface area contributed by atoms with Gasteiger partial charge in [-0.15, -0.1) is 0 Å². The highest BCUT2D eigenvalue weighted by Gasteiger charge is 2.24. The molecule has 0 atom stereocenters. The number of benzene rings is 2. The molecule has 27 heavy (non-hydrogen) atoms. The van der Waals surface area contributed by atoms with Gasteiger partial charge in [-0.2, -0.15) is 0 Å². The predicted octanol–water partition coefficient (Wildman–Crippen LogP) is 3.13. The summed E-state index contributed by atoms with van der Waals surface area (Å²) in [4.78, 5) is -0.0493. The smallest absolute Gasteiger partial charge is 0.265 e. The summed E-state index contributed by atoms with van der Waals surface area (Å²) in [6.45, 7) is 3.44. The zero-order valence-electron chi connectivity index (χ0n) is 15.6. The molecular weight excluding hydrogens is 456 g/mol. The molecule has 2 aromatic carbocycles. The monoisotopic (exact) mass is 476 g/mol. The minimum atomic E-state index is -4.01. The Bertz CT molecular complexity index is 1080. The van der Waals surface area contributed by atoms with E-state index in [4.69, 9.17) is 4.74 Å². The van der Waals surface area contributed by atoms with Crippen LogP contribution in [0.5, 0.6) is 5.75 Å². The quantitative estimate of drug-likeness (QED) is 0.690. The molecule has 0 saturated carbocycles. The molecule has 10 heteroatoms. The van der Waals surface area contributed by atoms with Crippen molar-refractivity contribution in [3.05, 3.63) is 45.9 Å². The number of sulfonamides is 2. The van der Waals surface area contributed by atoms with Crippen LogP contribution in [0.15, 0.2) is 44.6 Å². The van der Waals surface area contributed by atoms with Crippen molar-refractivity contribution in [3.63, 3.8) is 0 Å². The third-order valence-corrected chi connectivity index (χ3v) is 7.75. The Morgan fingerprint density at radius 2 is 1.67 bits per heavy atom. The molecule has 0 amide bonds. The summed E-state index contributed by atoms with van der Waals surface area (Å²) in [5, 5.41) is 0. The Balaban J connectivity index is 2.60. The molecule has 0 heterocycles. The molecule has 0 aromatic heterocycles. The van der Waals surface area contributed by atoms with Crippen LogP contribution < -0.4 is 9.46 Å². The largest absolute Gasteiger partial charge is 0.495 e. The van der Waals surface area contributed by atoms with E-state index < -0.39 is 20.0 Å². The van der Waals surface area contributed by atoms with E-state index in [1.165, 1.54) is 45.5 Å². The maximum atomic E-state index is 12.9. The number of hydrogen-bond donors (Lipinski definition) is 1. The Morgan fingerprint density at radius 3 is 2.22 bits per heavy atom. The molecule has 7 nitrogen and oxygen atoms in total. The summed E-state index contributed by atoms with van der Waals surface area (Å²) in [7, 11) is -3.51. The van der Waals surface area contributed by atoms with Gasteiger partial charge in [0.25, 0.3) is 10.0 Å². The van der Waals surface area contributed by atoms with Crippen molar-refractivity contribution in [2.75, 3.05) is 25.9 Å². The normalized spacial score (nSPS) is 12.3. The number of nitrogens with zero attached hydrogens (tertiary/aromatic N) is 1. The van der Waals surface area contributed by atoms with Crippen molar-refractivity contribution in [1.29, 1.82) is 0 Å². The first-order valence-corrected chi connectivity index (χ1v) is 11.5. The number of anilines is 1. The fraction of sp³-hybridized carbons (Fsp3) is 0.294. The Morgan fingerprint density at radius 1 is 1.04 bits per heavy atom. The van der Waals surface area contributed by atoms with Gasteiger partial charge in [-0.3, -0.25) is 4.72 Å². The number of hydrogen-bond acceptors (Lipinski definition) is 5. The summed E-state index contributed by atoms with van der Waals surface area (Å²) >= 11 is 3.25. The average molecular weight is 477 g/mol.